The molecule has 0 bridgehead atoms. The molecule has 1 aromatic rings. The van der Waals surface area contributed by atoms with Gasteiger partial charge in [-0.1, -0.05) is 12.1 Å². The predicted octanol–water partition coefficient (Wildman–Crippen LogP) is 0.408. The van der Waals surface area contributed by atoms with Crippen LogP contribution in [-0.4, -0.2) is 47.9 Å². The minimum Gasteiger partial charge on any atom is -0.376 e. The molecule has 0 radical (unpaired) electrons. The molecule has 21 heavy (non-hydrogen) atoms. The zero-order valence-corrected chi connectivity index (χ0v) is 13.2. The SMILES string of the molecule is CNCc1ccc(C)c(S(=O)(=O)NCC2COCCO2)c1. The normalized spacial score (nSPS) is 19.6. The first-order valence-electron chi connectivity index (χ1n) is 6.96. The van der Waals surface area contributed by atoms with Crippen LogP contribution < -0.4 is 10.0 Å². The Morgan fingerprint density at radius 3 is 2.81 bits per heavy atom. The Morgan fingerprint density at radius 2 is 2.14 bits per heavy atom. The zero-order valence-electron chi connectivity index (χ0n) is 12.4. The van der Waals surface area contributed by atoms with Crippen LogP contribution in [0.25, 0.3) is 0 Å². The lowest BCUT2D eigenvalue weighted by Crippen LogP contribution is -2.39. The van der Waals surface area contributed by atoms with Crippen LogP contribution in [0.2, 0.25) is 0 Å². The maximum absolute atomic E-state index is 12.4. The molecule has 0 aromatic heterocycles. The predicted molar refractivity (Wildman–Crippen MR) is 79.7 cm³/mol. The summed E-state index contributed by atoms with van der Waals surface area (Å²) in [5, 5.41) is 3.01. The fourth-order valence-corrected chi connectivity index (χ4v) is 3.54. The van der Waals surface area contributed by atoms with Crippen LogP contribution in [0.3, 0.4) is 0 Å². The van der Waals surface area contributed by atoms with Crippen molar-refractivity contribution in [1.82, 2.24) is 10.0 Å². The van der Waals surface area contributed by atoms with Gasteiger partial charge in [-0.15, -0.1) is 0 Å². The van der Waals surface area contributed by atoms with Gasteiger partial charge in [-0.25, -0.2) is 13.1 Å². The molecule has 0 saturated carbocycles. The van der Waals surface area contributed by atoms with Gasteiger partial charge in [0.25, 0.3) is 0 Å². The summed E-state index contributed by atoms with van der Waals surface area (Å²) in [5.41, 5.74) is 1.66. The average Bonchev–Trinajstić information content (AvgIpc) is 2.48. The number of hydrogen-bond donors (Lipinski definition) is 2. The van der Waals surface area contributed by atoms with Gasteiger partial charge < -0.3 is 14.8 Å². The molecule has 0 aliphatic carbocycles. The van der Waals surface area contributed by atoms with E-state index in [1.807, 2.05) is 19.2 Å². The van der Waals surface area contributed by atoms with Gasteiger partial charge in [-0.3, -0.25) is 0 Å². The lowest BCUT2D eigenvalue weighted by atomic mass is 10.1. The van der Waals surface area contributed by atoms with E-state index < -0.39 is 10.0 Å². The Morgan fingerprint density at radius 1 is 1.33 bits per heavy atom. The third-order valence-corrected chi connectivity index (χ3v) is 4.87. The third-order valence-electron chi connectivity index (χ3n) is 3.31. The van der Waals surface area contributed by atoms with Crippen LogP contribution in [0.1, 0.15) is 11.1 Å². The summed E-state index contributed by atoms with van der Waals surface area (Å²) < 4.78 is 38.1. The van der Waals surface area contributed by atoms with Crippen molar-refractivity contribution in [2.24, 2.45) is 0 Å². The largest absolute Gasteiger partial charge is 0.376 e. The zero-order chi connectivity index (χ0) is 15.3. The molecule has 2 rings (SSSR count). The van der Waals surface area contributed by atoms with E-state index >= 15 is 0 Å². The smallest absolute Gasteiger partial charge is 0.240 e. The summed E-state index contributed by atoms with van der Waals surface area (Å²) in [4.78, 5) is 0.312. The van der Waals surface area contributed by atoms with E-state index in [-0.39, 0.29) is 12.6 Å². The third kappa shape index (κ3) is 4.49. The van der Waals surface area contributed by atoms with E-state index in [4.69, 9.17) is 9.47 Å². The highest BCUT2D eigenvalue weighted by Crippen LogP contribution is 2.17. The molecule has 7 heteroatoms. The summed E-state index contributed by atoms with van der Waals surface area (Å²) in [5.74, 6) is 0. The average molecular weight is 314 g/mol. The lowest BCUT2D eigenvalue weighted by Gasteiger charge is -2.23. The van der Waals surface area contributed by atoms with E-state index in [0.717, 1.165) is 11.1 Å². The van der Waals surface area contributed by atoms with Crippen LogP contribution in [0, 0.1) is 6.92 Å². The summed E-state index contributed by atoms with van der Waals surface area (Å²) in [6, 6.07) is 5.44. The second-order valence-electron chi connectivity index (χ2n) is 5.05. The highest BCUT2D eigenvalue weighted by Gasteiger charge is 2.21. The van der Waals surface area contributed by atoms with Crippen molar-refractivity contribution >= 4 is 10.0 Å². The molecule has 6 nitrogen and oxygen atoms in total. The Bertz CT molecular complexity index is 568. The summed E-state index contributed by atoms with van der Waals surface area (Å²) >= 11 is 0. The number of hydrogen-bond acceptors (Lipinski definition) is 5. The molecule has 1 unspecified atom stereocenters. The number of benzene rings is 1. The maximum atomic E-state index is 12.4. The Labute approximate surface area is 125 Å². The van der Waals surface area contributed by atoms with Crippen molar-refractivity contribution in [1.29, 1.82) is 0 Å². The summed E-state index contributed by atoms with van der Waals surface area (Å²) in [6.07, 6.45) is -0.227. The van der Waals surface area contributed by atoms with Crippen LogP contribution >= 0.6 is 0 Å². The highest BCUT2D eigenvalue weighted by molar-refractivity contribution is 7.89. The van der Waals surface area contributed by atoms with Crippen molar-refractivity contribution in [2.75, 3.05) is 33.4 Å². The molecular formula is C14H22N2O4S. The fourth-order valence-electron chi connectivity index (χ4n) is 2.18. The van der Waals surface area contributed by atoms with Gasteiger partial charge in [0.05, 0.1) is 30.8 Å². The van der Waals surface area contributed by atoms with Gasteiger partial charge in [-0.05, 0) is 31.2 Å². The molecule has 2 N–H and O–H groups in total. The van der Waals surface area contributed by atoms with Crippen molar-refractivity contribution in [2.45, 2.75) is 24.5 Å². The molecule has 1 aliphatic rings. The van der Waals surface area contributed by atoms with E-state index in [1.54, 1.807) is 13.0 Å². The minimum atomic E-state index is -3.54. The Balaban J connectivity index is 2.08. The van der Waals surface area contributed by atoms with Crippen LogP contribution in [0.5, 0.6) is 0 Å². The van der Waals surface area contributed by atoms with E-state index in [2.05, 4.69) is 10.0 Å². The van der Waals surface area contributed by atoms with E-state index in [1.165, 1.54) is 0 Å². The second-order valence-corrected chi connectivity index (χ2v) is 6.79. The van der Waals surface area contributed by atoms with Gasteiger partial charge in [0.15, 0.2) is 0 Å². The van der Waals surface area contributed by atoms with Crippen molar-refractivity contribution in [3.05, 3.63) is 29.3 Å². The van der Waals surface area contributed by atoms with Crippen LogP contribution in [0.4, 0.5) is 0 Å². The van der Waals surface area contributed by atoms with Gasteiger partial charge >= 0.3 is 0 Å². The van der Waals surface area contributed by atoms with Crippen molar-refractivity contribution in [3.8, 4) is 0 Å². The highest BCUT2D eigenvalue weighted by atomic mass is 32.2. The lowest BCUT2D eigenvalue weighted by molar-refractivity contribution is -0.0846. The number of sulfonamides is 1. The first kappa shape index (κ1) is 16.4. The van der Waals surface area contributed by atoms with Gasteiger partial charge in [-0.2, -0.15) is 0 Å². The molecule has 0 spiro atoms. The van der Waals surface area contributed by atoms with Gasteiger partial charge in [0.2, 0.25) is 10.0 Å². The van der Waals surface area contributed by atoms with E-state index in [0.29, 0.717) is 31.3 Å². The monoisotopic (exact) mass is 314 g/mol. The topological polar surface area (TPSA) is 76.7 Å². The fraction of sp³-hybridized carbons (Fsp3) is 0.571. The first-order valence-corrected chi connectivity index (χ1v) is 8.44. The molecule has 1 heterocycles. The Hall–Kier alpha value is -0.990. The maximum Gasteiger partial charge on any atom is 0.240 e. The molecule has 1 fully saturated rings. The second kappa shape index (κ2) is 7.33. The number of nitrogens with one attached hydrogen (secondary N) is 2. The van der Waals surface area contributed by atoms with E-state index in [9.17, 15) is 8.42 Å². The summed E-state index contributed by atoms with van der Waals surface area (Å²) in [6.45, 7) is 4.12. The van der Waals surface area contributed by atoms with Crippen molar-refractivity contribution < 1.29 is 17.9 Å². The standard InChI is InChI=1S/C14H22N2O4S/c1-11-3-4-12(8-15-2)7-14(11)21(17,18)16-9-13-10-19-5-6-20-13/h3-4,7,13,15-16H,5-6,8-10H2,1-2H3. The van der Waals surface area contributed by atoms with Gasteiger partial charge in [0.1, 0.15) is 0 Å². The number of ether oxygens (including phenoxy) is 2. The molecule has 1 aromatic carbocycles. The number of rotatable bonds is 6. The molecule has 1 atom stereocenters. The molecule has 1 saturated heterocycles. The first-order chi connectivity index (χ1) is 10.0. The minimum absolute atomic E-state index is 0.220. The molecule has 118 valence electrons. The van der Waals surface area contributed by atoms with Gasteiger partial charge in [0, 0.05) is 13.1 Å². The molecule has 0 amide bonds. The van der Waals surface area contributed by atoms with Crippen molar-refractivity contribution in [3.63, 3.8) is 0 Å². The Kier molecular flexibility index (Phi) is 5.72. The van der Waals surface area contributed by atoms with Crippen LogP contribution in [-0.2, 0) is 26.0 Å². The summed E-state index contributed by atoms with van der Waals surface area (Å²) in [7, 11) is -1.72. The molecular weight excluding hydrogens is 292 g/mol. The number of aryl methyl sites for hydroxylation is 1. The molecule has 1 aliphatic heterocycles. The van der Waals surface area contributed by atoms with Crippen LogP contribution in [0.15, 0.2) is 23.1 Å². The quantitative estimate of drug-likeness (QED) is 0.795.